The predicted molar refractivity (Wildman–Crippen MR) is 55.4 cm³/mol. The van der Waals surface area contributed by atoms with E-state index in [1.165, 1.54) is 11.5 Å². The van der Waals surface area contributed by atoms with Crippen LogP contribution in [0.1, 0.15) is 18.5 Å². The van der Waals surface area contributed by atoms with E-state index < -0.39 is 0 Å². The Morgan fingerprint density at radius 1 is 1.50 bits per heavy atom. The van der Waals surface area contributed by atoms with Crippen LogP contribution >= 0.6 is 23.1 Å². The molecule has 0 radical (unpaired) electrons. The van der Waals surface area contributed by atoms with Gasteiger partial charge in [0.25, 0.3) is 0 Å². The van der Waals surface area contributed by atoms with Gasteiger partial charge in [0, 0.05) is 31.2 Å². The zero-order valence-electron chi connectivity index (χ0n) is 7.69. The van der Waals surface area contributed by atoms with E-state index in [-0.39, 0.29) is 6.10 Å². The molecule has 0 unspecified atom stereocenters. The Hall–Kier alpha value is -0.230. The molecule has 1 fully saturated rings. The molecule has 0 amide bonds. The summed E-state index contributed by atoms with van der Waals surface area (Å²) in [6, 6.07) is 0. The topological polar surface area (TPSA) is 49.2 Å². The van der Waals surface area contributed by atoms with Crippen LogP contribution in [0.3, 0.4) is 0 Å². The lowest BCUT2D eigenvalue weighted by Crippen LogP contribution is -2.35. The maximum absolute atomic E-state index is 9.33. The average molecular weight is 234 g/mol. The molecule has 1 N–H and O–H groups in total. The predicted octanol–water partition coefficient (Wildman–Crippen LogP) is 1.15. The van der Waals surface area contributed by atoms with Crippen molar-refractivity contribution in [2.45, 2.75) is 25.5 Å². The van der Waals surface area contributed by atoms with Crippen LogP contribution in [0.4, 0.5) is 0 Å². The quantitative estimate of drug-likeness (QED) is 0.833. The van der Waals surface area contributed by atoms with Crippen molar-refractivity contribution in [2.24, 2.45) is 0 Å². The summed E-state index contributed by atoms with van der Waals surface area (Å²) in [7, 11) is 0. The summed E-state index contributed by atoms with van der Waals surface area (Å²) in [5.74, 6) is 0. The van der Waals surface area contributed by atoms with Crippen LogP contribution in [-0.4, -0.2) is 38.8 Å². The summed E-state index contributed by atoms with van der Waals surface area (Å²) in [4.78, 5) is 2.25. The third-order valence-electron chi connectivity index (χ3n) is 2.44. The first kappa shape index (κ1) is 10.3. The maximum atomic E-state index is 9.33. The Kier molecular flexibility index (Phi) is 3.33. The molecule has 1 aliphatic rings. The Labute approximate surface area is 91.7 Å². The Bertz CT molecular complexity index is 299. The number of rotatable bonds is 2. The van der Waals surface area contributed by atoms with Crippen LogP contribution in [-0.2, 0) is 6.54 Å². The van der Waals surface area contributed by atoms with Crippen molar-refractivity contribution >= 4 is 23.1 Å². The minimum atomic E-state index is -0.129. The zero-order valence-corrected chi connectivity index (χ0v) is 9.26. The van der Waals surface area contributed by atoms with E-state index in [0.29, 0.717) is 4.34 Å². The van der Waals surface area contributed by atoms with Gasteiger partial charge in [0.05, 0.1) is 6.10 Å². The first-order chi connectivity index (χ1) is 6.75. The second-order valence-corrected chi connectivity index (χ2v) is 4.86. The number of nitrogens with zero attached hydrogens (tertiary/aromatic N) is 3. The normalized spacial score (nSPS) is 20.1. The largest absolute Gasteiger partial charge is 0.393 e. The van der Waals surface area contributed by atoms with Crippen LogP contribution in [0.5, 0.6) is 0 Å². The molecule has 0 bridgehead atoms. The van der Waals surface area contributed by atoms with E-state index in [1.54, 1.807) is 0 Å². The van der Waals surface area contributed by atoms with Gasteiger partial charge >= 0.3 is 0 Å². The number of piperidine rings is 1. The van der Waals surface area contributed by atoms with Gasteiger partial charge in [-0.25, -0.2) is 0 Å². The highest BCUT2D eigenvalue weighted by atomic mass is 35.5. The maximum Gasteiger partial charge on any atom is 0.138 e. The first-order valence-corrected chi connectivity index (χ1v) is 5.78. The van der Waals surface area contributed by atoms with E-state index in [1.807, 2.05) is 0 Å². The second-order valence-electron chi connectivity index (χ2n) is 3.50. The molecule has 6 heteroatoms. The van der Waals surface area contributed by atoms with Crippen molar-refractivity contribution in [1.82, 2.24) is 14.5 Å². The molecule has 0 saturated carbocycles. The minimum Gasteiger partial charge on any atom is -0.393 e. The molecular weight excluding hydrogens is 222 g/mol. The number of aliphatic hydroxyl groups is 1. The number of hydrogen-bond acceptors (Lipinski definition) is 5. The third kappa shape index (κ3) is 2.42. The van der Waals surface area contributed by atoms with E-state index in [9.17, 15) is 5.11 Å². The summed E-state index contributed by atoms with van der Waals surface area (Å²) in [5, 5.41) is 13.3. The van der Waals surface area contributed by atoms with Crippen molar-refractivity contribution in [2.75, 3.05) is 13.1 Å². The van der Waals surface area contributed by atoms with Crippen LogP contribution in [0.25, 0.3) is 0 Å². The number of aromatic nitrogens is 2. The smallest absolute Gasteiger partial charge is 0.138 e. The number of likely N-dealkylation sites (tertiary alicyclic amines) is 1. The van der Waals surface area contributed by atoms with Gasteiger partial charge < -0.3 is 5.11 Å². The lowest BCUT2D eigenvalue weighted by molar-refractivity contribution is 0.0787. The lowest BCUT2D eigenvalue weighted by Gasteiger charge is -2.28. The van der Waals surface area contributed by atoms with E-state index >= 15 is 0 Å². The molecule has 2 heterocycles. The molecule has 0 atom stereocenters. The Morgan fingerprint density at radius 2 is 2.21 bits per heavy atom. The van der Waals surface area contributed by atoms with Gasteiger partial charge in [-0.2, -0.15) is 0 Å². The summed E-state index contributed by atoms with van der Waals surface area (Å²) < 4.78 is 4.46. The zero-order chi connectivity index (χ0) is 9.97. The monoisotopic (exact) mass is 233 g/mol. The Balaban J connectivity index is 1.89. The van der Waals surface area contributed by atoms with Gasteiger partial charge in [0.1, 0.15) is 10.0 Å². The van der Waals surface area contributed by atoms with E-state index in [0.717, 1.165) is 38.2 Å². The molecule has 1 aromatic heterocycles. The van der Waals surface area contributed by atoms with Gasteiger partial charge in [0.15, 0.2) is 0 Å². The van der Waals surface area contributed by atoms with Gasteiger partial charge in [-0.3, -0.25) is 4.90 Å². The van der Waals surface area contributed by atoms with Gasteiger partial charge in [-0.05, 0) is 12.8 Å². The highest BCUT2D eigenvalue weighted by Gasteiger charge is 2.18. The first-order valence-electron chi connectivity index (χ1n) is 4.63. The standard InChI is InChI=1S/C8H12ClN3OS/c9-8-7(10-11-14-8)5-12-3-1-6(13)2-4-12/h6,13H,1-5H2. The van der Waals surface area contributed by atoms with Crippen LogP contribution < -0.4 is 0 Å². The molecule has 14 heavy (non-hydrogen) atoms. The minimum absolute atomic E-state index is 0.129. The molecular formula is C8H12ClN3OS. The highest BCUT2D eigenvalue weighted by Crippen LogP contribution is 2.20. The molecule has 4 nitrogen and oxygen atoms in total. The van der Waals surface area contributed by atoms with Crippen LogP contribution in [0.2, 0.25) is 4.34 Å². The van der Waals surface area contributed by atoms with Crippen LogP contribution in [0, 0.1) is 0 Å². The number of aliphatic hydroxyl groups excluding tert-OH is 1. The van der Waals surface area contributed by atoms with Crippen molar-refractivity contribution in [1.29, 1.82) is 0 Å². The third-order valence-corrected chi connectivity index (χ3v) is 3.42. The molecule has 1 aromatic rings. The molecule has 1 aliphatic heterocycles. The summed E-state index contributed by atoms with van der Waals surface area (Å²) in [6.45, 7) is 2.58. The molecule has 0 aliphatic carbocycles. The van der Waals surface area contributed by atoms with E-state index in [2.05, 4.69) is 14.5 Å². The van der Waals surface area contributed by atoms with Crippen molar-refractivity contribution < 1.29 is 5.11 Å². The van der Waals surface area contributed by atoms with Gasteiger partial charge in [-0.15, -0.1) is 5.10 Å². The summed E-state index contributed by atoms with van der Waals surface area (Å²) in [6.07, 6.45) is 1.56. The van der Waals surface area contributed by atoms with Gasteiger partial charge in [0.2, 0.25) is 0 Å². The summed E-state index contributed by atoms with van der Waals surface area (Å²) >= 11 is 7.13. The Morgan fingerprint density at radius 3 is 2.79 bits per heavy atom. The van der Waals surface area contributed by atoms with Crippen LogP contribution in [0.15, 0.2) is 0 Å². The van der Waals surface area contributed by atoms with E-state index in [4.69, 9.17) is 11.6 Å². The SMILES string of the molecule is OC1CCN(Cc2nnsc2Cl)CC1. The van der Waals surface area contributed by atoms with Crippen molar-refractivity contribution in [3.8, 4) is 0 Å². The molecule has 0 aromatic carbocycles. The molecule has 0 spiro atoms. The number of halogens is 1. The molecule has 78 valence electrons. The number of hydrogen-bond donors (Lipinski definition) is 1. The lowest BCUT2D eigenvalue weighted by atomic mass is 10.1. The van der Waals surface area contributed by atoms with Gasteiger partial charge in [-0.1, -0.05) is 16.1 Å². The summed E-state index contributed by atoms with van der Waals surface area (Å²) in [5.41, 5.74) is 0.855. The van der Waals surface area contributed by atoms with Crippen molar-refractivity contribution in [3.63, 3.8) is 0 Å². The average Bonchev–Trinajstić information content (AvgIpc) is 2.56. The fourth-order valence-corrected chi connectivity index (χ4v) is 2.19. The van der Waals surface area contributed by atoms with Crippen molar-refractivity contribution in [3.05, 3.63) is 10.0 Å². The molecule has 2 rings (SSSR count). The fourth-order valence-electron chi connectivity index (χ4n) is 1.58. The fraction of sp³-hybridized carbons (Fsp3) is 0.750. The molecule has 1 saturated heterocycles. The highest BCUT2D eigenvalue weighted by molar-refractivity contribution is 7.10. The second kappa shape index (κ2) is 4.53.